The van der Waals surface area contributed by atoms with Crippen molar-refractivity contribution in [1.29, 1.82) is 0 Å². The Balaban J connectivity index is 2.67. The summed E-state index contributed by atoms with van der Waals surface area (Å²) in [6, 6.07) is 5.13. The van der Waals surface area contributed by atoms with Crippen LogP contribution in [0.1, 0.15) is 0 Å². The molecular weight excluding hydrogens is 170 g/mol. The first-order valence-corrected chi connectivity index (χ1v) is 3.62. The predicted molar refractivity (Wildman–Crippen MR) is 47.6 cm³/mol. The lowest BCUT2D eigenvalue weighted by molar-refractivity contribution is 1.06. The van der Waals surface area contributed by atoms with Crippen LogP contribution in [0.25, 0.3) is 11.0 Å². The van der Waals surface area contributed by atoms with Crippen LogP contribution in [0.2, 0.25) is 0 Å². The summed E-state index contributed by atoms with van der Waals surface area (Å²) in [5.41, 5.74) is 1.79. The van der Waals surface area contributed by atoms with Gasteiger partial charge in [-0.05, 0) is 18.2 Å². The summed E-state index contributed by atoms with van der Waals surface area (Å²) in [4.78, 5) is 16.1. The van der Waals surface area contributed by atoms with Crippen LogP contribution in [0.3, 0.4) is 0 Å². The molecule has 1 heterocycles. The molecule has 0 unspecified atom stereocenters. The summed E-state index contributed by atoms with van der Waals surface area (Å²) in [5, 5.41) is 6.78. The molecule has 1 aromatic carbocycles. The fourth-order valence-electron chi connectivity index (χ4n) is 1.15. The fourth-order valence-corrected chi connectivity index (χ4v) is 1.15. The number of rotatable bonds is 1. The number of fused-ring (bicyclic) bond motifs is 1. The van der Waals surface area contributed by atoms with Crippen molar-refractivity contribution in [1.82, 2.24) is 9.97 Å². The molecule has 0 bridgehead atoms. The molecule has 4 N–H and O–H groups in total. The monoisotopic (exact) mass is 177 g/mol. The third-order valence-electron chi connectivity index (χ3n) is 1.67. The molecule has 66 valence electrons. The minimum absolute atomic E-state index is 0.239. The second-order valence-electron chi connectivity index (χ2n) is 2.52. The van der Waals surface area contributed by atoms with Gasteiger partial charge >= 0.3 is 5.69 Å². The molecular formula is C7H7N5O. The van der Waals surface area contributed by atoms with E-state index in [4.69, 9.17) is 5.84 Å². The zero-order valence-electron chi connectivity index (χ0n) is 6.61. The van der Waals surface area contributed by atoms with E-state index in [9.17, 15) is 4.79 Å². The molecule has 13 heavy (non-hydrogen) atoms. The van der Waals surface area contributed by atoms with Gasteiger partial charge in [-0.3, -0.25) is 0 Å². The van der Waals surface area contributed by atoms with Gasteiger partial charge in [0.05, 0.1) is 16.7 Å². The highest BCUT2D eigenvalue weighted by atomic mass is 16.1. The van der Waals surface area contributed by atoms with E-state index < -0.39 is 0 Å². The van der Waals surface area contributed by atoms with E-state index in [-0.39, 0.29) is 5.69 Å². The van der Waals surface area contributed by atoms with Gasteiger partial charge in [0, 0.05) is 0 Å². The average Bonchev–Trinajstić information content (AvgIpc) is 2.44. The molecule has 0 radical (unpaired) electrons. The molecule has 0 spiro atoms. The van der Waals surface area contributed by atoms with Gasteiger partial charge in [0.2, 0.25) is 0 Å². The minimum Gasteiger partial charge on any atom is -0.306 e. The summed E-state index contributed by atoms with van der Waals surface area (Å²) >= 11 is 0. The van der Waals surface area contributed by atoms with Crippen molar-refractivity contribution in [2.75, 3.05) is 0 Å². The van der Waals surface area contributed by atoms with Gasteiger partial charge in [0.25, 0.3) is 0 Å². The molecule has 2 aromatic rings. The SMILES string of the molecule is NN=Nc1ccc2[nH]c(=O)[nH]c2c1. The van der Waals surface area contributed by atoms with Crippen LogP contribution in [0.5, 0.6) is 0 Å². The van der Waals surface area contributed by atoms with E-state index in [2.05, 4.69) is 20.3 Å². The zero-order valence-corrected chi connectivity index (χ0v) is 6.61. The van der Waals surface area contributed by atoms with Gasteiger partial charge in [-0.1, -0.05) is 5.22 Å². The smallest absolute Gasteiger partial charge is 0.306 e. The number of hydrogen-bond donors (Lipinski definition) is 3. The summed E-state index contributed by atoms with van der Waals surface area (Å²) in [6.45, 7) is 0. The summed E-state index contributed by atoms with van der Waals surface area (Å²) in [6.07, 6.45) is 0. The van der Waals surface area contributed by atoms with Gasteiger partial charge in [-0.15, -0.1) is 5.11 Å². The van der Waals surface area contributed by atoms with Crippen LogP contribution in [0, 0.1) is 0 Å². The maximum Gasteiger partial charge on any atom is 0.323 e. The number of aromatic amines is 2. The Bertz CT molecular complexity index is 509. The summed E-state index contributed by atoms with van der Waals surface area (Å²) in [7, 11) is 0. The summed E-state index contributed by atoms with van der Waals surface area (Å²) < 4.78 is 0. The number of nitrogens with one attached hydrogen (secondary N) is 2. The number of H-pyrrole nitrogens is 2. The van der Waals surface area contributed by atoms with Crippen molar-refractivity contribution >= 4 is 16.7 Å². The van der Waals surface area contributed by atoms with Crippen LogP contribution in [0.4, 0.5) is 5.69 Å². The van der Waals surface area contributed by atoms with Crippen molar-refractivity contribution < 1.29 is 0 Å². The Hall–Kier alpha value is -2.11. The molecule has 6 nitrogen and oxygen atoms in total. The number of imidazole rings is 1. The van der Waals surface area contributed by atoms with E-state index in [1.54, 1.807) is 18.2 Å². The van der Waals surface area contributed by atoms with Gasteiger partial charge in [0.15, 0.2) is 0 Å². The Labute approximate surface area is 72.5 Å². The minimum atomic E-state index is -0.239. The van der Waals surface area contributed by atoms with E-state index >= 15 is 0 Å². The second kappa shape index (κ2) is 2.74. The largest absolute Gasteiger partial charge is 0.323 e. The quantitative estimate of drug-likeness (QED) is 0.341. The molecule has 0 fully saturated rings. The first-order chi connectivity index (χ1) is 6.29. The lowest BCUT2D eigenvalue weighted by atomic mass is 10.3. The summed E-state index contributed by atoms with van der Waals surface area (Å²) in [5.74, 6) is 4.89. The lowest BCUT2D eigenvalue weighted by Crippen LogP contribution is -1.99. The molecule has 0 aliphatic heterocycles. The third-order valence-corrected chi connectivity index (χ3v) is 1.67. The van der Waals surface area contributed by atoms with Gasteiger partial charge in [-0.25, -0.2) is 4.79 Å². The molecule has 0 amide bonds. The Morgan fingerprint density at radius 3 is 2.77 bits per heavy atom. The topological polar surface area (TPSA) is 99.4 Å². The number of benzene rings is 1. The highest BCUT2D eigenvalue weighted by Gasteiger charge is 1.98. The van der Waals surface area contributed by atoms with Gasteiger partial charge < -0.3 is 15.8 Å². The number of hydrogen-bond acceptors (Lipinski definition) is 3. The van der Waals surface area contributed by atoms with E-state index in [1.165, 1.54) is 0 Å². The molecule has 0 saturated carbocycles. The standard InChI is InChI=1S/C7H7N5O/c8-12-11-4-1-2-5-6(3-4)10-7(13)9-5/h1-3H,(H2,8,11)(H2,9,10,13). The normalized spacial score (nSPS) is 11.4. The Kier molecular flexibility index (Phi) is 1.59. The highest BCUT2D eigenvalue weighted by molar-refractivity contribution is 5.77. The molecule has 6 heteroatoms. The van der Waals surface area contributed by atoms with Crippen LogP contribution >= 0.6 is 0 Å². The highest BCUT2D eigenvalue weighted by Crippen LogP contribution is 2.16. The fraction of sp³-hybridized carbons (Fsp3) is 0. The van der Waals surface area contributed by atoms with Gasteiger partial charge in [-0.2, -0.15) is 0 Å². The number of aromatic nitrogens is 2. The van der Waals surface area contributed by atoms with E-state index in [0.29, 0.717) is 11.2 Å². The van der Waals surface area contributed by atoms with E-state index in [0.717, 1.165) is 5.52 Å². The molecule has 0 aliphatic rings. The number of nitrogens with zero attached hydrogens (tertiary/aromatic N) is 2. The lowest BCUT2D eigenvalue weighted by Gasteiger charge is -1.90. The van der Waals surface area contributed by atoms with Crippen LogP contribution in [0.15, 0.2) is 33.3 Å². The van der Waals surface area contributed by atoms with Crippen LogP contribution in [-0.4, -0.2) is 9.97 Å². The van der Waals surface area contributed by atoms with Crippen molar-refractivity contribution in [3.8, 4) is 0 Å². The molecule has 1 aromatic heterocycles. The average molecular weight is 177 g/mol. The Morgan fingerprint density at radius 2 is 2.00 bits per heavy atom. The maximum atomic E-state index is 10.9. The second-order valence-corrected chi connectivity index (χ2v) is 2.52. The molecule has 0 aliphatic carbocycles. The van der Waals surface area contributed by atoms with Crippen LogP contribution in [-0.2, 0) is 0 Å². The zero-order chi connectivity index (χ0) is 9.26. The molecule has 0 atom stereocenters. The van der Waals surface area contributed by atoms with Crippen molar-refractivity contribution in [2.45, 2.75) is 0 Å². The molecule has 2 rings (SSSR count). The van der Waals surface area contributed by atoms with Crippen molar-refractivity contribution in [3.63, 3.8) is 0 Å². The Morgan fingerprint density at radius 1 is 1.23 bits per heavy atom. The van der Waals surface area contributed by atoms with Crippen molar-refractivity contribution in [2.24, 2.45) is 16.2 Å². The first kappa shape index (κ1) is 7.53. The van der Waals surface area contributed by atoms with Crippen LogP contribution < -0.4 is 11.5 Å². The first-order valence-electron chi connectivity index (χ1n) is 3.62. The predicted octanol–water partition coefficient (Wildman–Crippen LogP) is 0.814. The van der Waals surface area contributed by atoms with Crippen molar-refractivity contribution in [3.05, 3.63) is 28.7 Å². The van der Waals surface area contributed by atoms with E-state index in [1.807, 2.05) is 0 Å². The maximum absolute atomic E-state index is 10.9. The van der Waals surface area contributed by atoms with Gasteiger partial charge in [0.1, 0.15) is 0 Å². The number of nitrogens with two attached hydrogens (primary N) is 1. The molecule has 0 saturated heterocycles. The third kappa shape index (κ3) is 1.28.